The smallest absolute Gasteiger partial charge is 0.311 e. The highest BCUT2D eigenvalue weighted by atomic mass is 32.2. The van der Waals surface area contributed by atoms with E-state index in [9.17, 15) is 4.79 Å². The average Bonchev–Trinajstić information content (AvgIpc) is 2.40. The van der Waals surface area contributed by atoms with Crippen molar-refractivity contribution < 1.29 is 9.53 Å². The summed E-state index contributed by atoms with van der Waals surface area (Å²) in [5, 5.41) is 3.80. The van der Waals surface area contributed by atoms with Crippen LogP contribution in [0.25, 0.3) is 0 Å². The lowest BCUT2D eigenvalue weighted by Crippen LogP contribution is -2.37. The summed E-state index contributed by atoms with van der Waals surface area (Å²) in [6.45, 7) is 12.5. The van der Waals surface area contributed by atoms with Crippen LogP contribution in [0, 0.1) is 5.41 Å². The first kappa shape index (κ1) is 19.0. The molecule has 0 aliphatic rings. The molecule has 1 unspecified atom stereocenters. The molecule has 124 valence electrons. The Morgan fingerprint density at radius 3 is 2.23 bits per heavy atom. The van der Waals surface area contributed by atoms with Crippen LogP contribution in [0.1, 0.15) is 52.5 Å². The van der Waals surface area contributed by atoms with Gasteiger partial charge in [-0.25, -0.2) is 0 Å². The minimum Gasteiger partial charge on any atom is -0.464 e. The van der Waals surface area contributed by atoms with E-state index >= 15 is 0 Å². The lowest BCUT2D eigenvalue weighted by Gasteiger charge is -2.28. The monoisotopic (exact) mass is 323 g/mol. The molecule has 0 radical (unpaired) electrons. The highest BCUT2D eigenvalue weighted by Crippen LogP contribution is 2.28. The Balaban J connectivity index is 2.54. The standard InChI is InChI=1S/C18H29NO2S/c1-17(2,3)16(20)21-12-13-22-15(19-18(4,5)6)14-10-8-7-9-11-14/h7-11,15,19H,12-13H2,1-6H3. The zero-order valence-electron chi connectivity index (χ0n) is 14.6. The summed E-state index contributed by atoms with van der Waals surface area (Å²) in [4.78, 5) is 11.8. The predicted octanol–water partition coefficient (Wildman–Crippen LogP) is 4.40. The maximum absolute atomic E-state index is 11.8. The minimum atomic E-state index is -0.437. The molecule has 0 aliphatic carbocycles. The molecular weight excluding hydrogens is 294 g/mol. The Morgan fingerprint density at radius 1 is 1.14 bits per heavy atom. The molecule has 0 saturated heterocycles. The third kappa shape index (κ3) is 7.32. The molecule has 0 bridgehead atoms. The Labute approximate surface area is 139 Å². The first-order valence-corrected chi connectivity index (χ1v) is 8.76. The van der Waals surface area contributed by atoms with Crippen molar-refractivity contribution in [1.82, 2.24) is 5.32 Å². The van der Waals surface area contributed by atoms with E-state index in [4.69, 9.17) is 4.74 Å². The Kier molecular flexibility index (Phi) is 6.95. The normalized spacial score (nSPS) is 13.7. The van der Waals surface area contributed by atoms with Gasteiger partial charge in [-0.1, -0.05) is 30.3 Å². The van der Waals surface area contributed by atoms with Gasteiger partial charge in [0.05, 0.1) is 10.8 Å². The number of carbonyl (C=O) groups excluding carboxylic acids is 1. The number of hydrogen-bond donors (Lipinski definition) is 1. The van der Waals surface area contributed by atoms with Crippen molar-refractivity contribution in [1.29, 1.82) is 0 Å². The first-order valence-electron chi connectivity index (χ1n) is 7.71. The van der Waals surface area contributed by atoms with Crippen LogP contribution in [0.5, 0.6) is 0 Å². The van der Waals surface area contributed by atoms with Crippen LogP contribution < -0.4 is 5.32 Å². The summed E-state index contributed by atoms with van der Waals surface area (Å²) in [5.41, 5.74) is 0.826. The van der Waals surface area contributed by atoms with Crippen molar-refractivity contribution in [3.8, 4) is 0 Å². The second kappa shape index (κ2) is 8.02. The maximum Gasteiger partial charge on any atom is 0.311 e. The molecule has 0 amide bonds. The largest absolute Gasteiger partial charge is 0.464 e. The molecule has 0 heterocycles. The lowest BCUT2D eigenvalue weighted by molar-refractivity contribution is -0.152. The van der Waals surface area contributed by atoms with E-state index in [0.29, 0.717) is 6.61 Å². The van der Waals surface area contributed by atoms with Crippen LogP contribution >= 0.6 is 11.8 Å². The molecule has 3 nitrogen and oxygen atoms in total. The van der Waals surface area contributed by atoms with Gasteiger partial charge in [-0.15, -0.1) is 11.8 Å². The number of nitrogens with one attached hydrogen (secondary N) is 1. The molecule has 0 fully saturated rings. The summed E-state index contributed by atoms with van der Waals surface area (Å²) in [7, 11) is 0. The Morgan fingerprint density at radius 2 is 1.73 bits per heavy atom. The number of ether oxygens (including phenoxy) is 1. The summed E-state index contributed by atoms with van der Waals surface area (Å²) >= 11 is 1.77. The minimum absolute atomic E-state index is 0.0234. The van der Waals surface area contributed by atoms with Crippen LogP contribution in [0.15, 0.2) is 30.3 Å². The fraction of sp³-hybridized carbons (Fsp3) is 0.611. The fourth-order valence-corrected chi connectivity index (χ4v) is 2.96. The number of thioether (sulfide) groups is 1. The molecule has 0 spiro atoms. The molecule has 0 aliphatic heterocycles. The fourth-order valence-electron chi connectivity index (χ4n) is 1.76. The van der Waals surface area contributed by atoms with Gasteiger partial charge < -0.3 is 4.74 Å². The van der Waals surface area contributed by atoms with Gasteiger partial charge in [0.15, 0.2) is 0 Å². The van der Waals surface area contributed by atoms with E-state index in [-0.39, 0.29) is 16.9 Å². The van der Waals surface area contributed by atoms with Gasteiger partial charge in [-0.3, -0.25) is 10.1 Å². The molecule has 1 rings (SSSR count). The molecule has 1 atom stereocenters. The van der Waals surface area contributed by atoms with Gasteiger partial charge in [0.25, 0.3) is 0 Å². The van der Waals surface area contributed by atoms with Crippen molar-refractivity contribution in [2.24, 2.45) is 5.41 Å². The molecular formula is C18H29NO2S. The second-order valence-electron chi connectivity index (χ2n) is 7.44. The number of esters is 1. The van der Waals surface area contributed by atoms with Crippen LogP contribution in [0.2, 0.25) is 0 Å². The summed E-state index contributed by atoms with van der Waals surface area (Å²) in [6.07, 6.45) is 0. The third-order valence-corrected chi connectivity index (χ3v) is 4.01. The zero-order chi connectivity index (χ0) is 16.8. The predicted molar refractivity (Wildman–Crippen MR) is 94.9 cm³/mol. The average molecular weight is 324 g/mol. The first-order chi connectivity index (χ1) is 10.1. The molecule has 22 heavy (non-hydrogen) atoms. The van der Waals surface area contributed by atoms with Crippen molar-refractivity contribution in [2.75, 3.05) is 12.4 Å². The number of carbonyl (C=O) groups is 1. The van der Waals surface area contributed by atoms with Gasteiger partial charge in [-0.05, 0) is 47.1 Å². The summed E-state index contributed by atoms with van der Waals surface area (Å²) in [5.74, 6) is 0.623. The van der Waals surface area contributed by atoms with Crippen molar-refractivity contribution in [3.05, 3.63) is 35.9 Å². The number of hydrogen-bond acceptors (Lipinski definition) is 4. The summed E-state index contributed by atoms with van der Waals surface area (Å²) in [6, 6.07) is 10.4. The van der Waals surface area contributed by atoms with Crippen molar-refractivity contribution in [3.63, 3.8) is 0 Å². The molecule has 4 heteroatoms. The van der Waals surface area contributed by atoms with Crippen LogP contribution in [0.4, 0.5) is 0 Å². The SMILES string of the molecule is CC(C)(C)NC(SCCOC(=O)C(C)(C)C)c1ccccc1. The molecule has 0 aromatic heterocycles. The lowest BCUT2D eigenvalue weighted by atomic mass is 9.97. The quantitative estimate of drug-likeness (QED) is 0.478. The zero-order valence-corrected chi connectivity index (χ0v) is 15.4. The molecule has 1 aromatic carbocycles. The Bertz CT molecular complexity index is 460. The second-order valence-corrected chi connectivity index (χ2v) is 8.65. The van der Waals surface area contributed by atoms with Crippen molar-refractivity contribution in [2.45, 2.75) is 52.5 Å². The van der Waals surface area contributed by atoms with Crippen molar-refractivity contribution >= 4 is 17.7 Å². The van der Waals surface area contributed by atoms with E-state index in [1.54, 1.807) is 11.8 Å². The van der Waals surface area contributed by atoms with Gasteiger partial charge in [0, 0.05) is 11.3 Å². The van der Waals surface area contributed by atoms with Gasteiger partial charge in [0.2, 0.25) is 0 Å². The van der Waals surface area contributed by atoms with Gasteiger partial charge in [0.1, 0.15) is 6.61 Å². The van der Waals surface area contributed by atoms with E-state index < -0.39 is 5.41 Å². The molecule has 0 saturated carbocycles. The van der Waals surface area contributed by atoms with E-state index in [1.165, 1.54) is 5.56 Å². The van der Waals surface area contributed by atoms with Gasteiger partial charge >= 0.3 is 5.97 Å². The summed E-state index contributed by atoms with van der Waals surface area (Å²) < 4.78 is 5.34. The van der Waals surface area contributed by atoms with E-state index in [0.717, 1.165) is 5.75 Å². The van der Waals surface area contributed by atoms with Crippen LogP contribution in [0.3, 0.4) is 0 Å². The molecule has 1 aromatic rings. The molecule has 1 N–H and O–H groups in total. The maximum atomic E-state index is 11.8. The highest BCUT2D eigenvalue weighted by molar-refractivity contribution is 7.99. The van der Waals surface area contributed by atoms with E-state index in [2.05, 4.69) is 38.2 Å². The third-order valence-electron chi connectivity index (χ3n) is 2.88. The number of rotatable bonds is 6. The Hall–Kier alpha value is -1.00. The van der Waals surface area contributed by atoms with E-state index in [1.807, 2.05) is 39.0 Å². The van der Waals surface area contributed by atoms with Crippen LogP contribution in [-0.2, 0) is 9.53 Å². The number of benzene rings is 1. The van der Waals surface area contributed by atoms with Crippen LogP contribution in [-0.4, -0.2) is 23.9 Å². The highest BCUT2D eigenvalue weighted by Gasteiger charge is 2.23. The van der Waals surface area contributed by atoms with Gasteiger partial charge in [-0.2, -0.15) is 0 Å². The topological polar surface area (TPSA) is 38.3 Å².